The number of anilines is 2. The molecular weight excluding hydrogens is 216 g/mol. The lowest BCUT2D eigenvalue weighted by molar-refractivity contribution is 1.63. The molecule has 0 saturated carbocycles. The Labute approximate surface area is 98.9 Å². The first-order valence-electron chi connectivity index (χ1n) is 5.01. The fourth-order valence-corrected chi connectivity index (χ4v) is 2.45. The zero-order chi connectivity index (χ0) is 11.3. The number of nitrogen functional groups attached to an aromatic ring is 2. The first kappa shape index (κ1) is 9.36. The van der Waals surface area contributed by atoms with Crippen LogP contribution in [-0.2, 0) is 0 Å². The second kappa shape index (κ2) is 3.06. The molecule has 0 fully saturated rings. The Morgan fingerprint density at radius 1 is 0.688 bits per heavy atom. The number of benzene rings is 2. The monoisotopic (exact) mass is 226 g/mol. The summed E-state index contributed by atoms with van der Waals surface area (Å²) < 4.78 is 0. The van der Waals surface area contributed by atoms with Crippen LogP contribution in [0.4, 0.5) is 11.4 Å². The van der Waals surface area contributed by atoms with Crippen molar-refractivity contribution >= 4 is 28.5 Å². The van der Waals surface area contributed by atoms with Crippen LogP contribution in [0.25, 0.3) is 11.1 Å². The largest absolute Gasteiger partial charge is 0.399 e. The predicted molar refractivity (Wildman–Crippen MR) is 71.5 cm³/mol. The Kier molecular flexibility index (Phi) is 1.79. The van der Waals surface area contributed by atoms with Gasteiger partial charge < -0.3 is 11.5 Å². The van der Waals surface area contributed by atoms with Crippen molar-refractivity contribution in [3.05, 3.63) is 47.5 Å². The van der Waals surface area contributed by atoms with E-state index < -0.39 is 0 Å². The molecule has 0 radical (unpaired) electrons. The molecule has 0 aliphatic heterocycles. The third kappa shape index (κ3) is 1.15. The van der Waals surface area contributed by atoms with Gasteiger partial charge in [0.2, 0.25) is 0 Å². The van der Waals surface area contributed by atoms with Gasteiger partial charge in [-0.15, -0.1) is 0 Å². The van der Waals surface area contributed by atoms with Crippen molar-refractivity contribution in [2.45, 2.75) is 0 Å². The van der Waals surface area contributed by atoms with E-state index in [-0.39, 0.29) is 0 Å². The summed E-state index contributed by atoms with van der Waals surface area (Å²) in [7, 11) is 0. The van der Waals surface area contributed by atoms with Crippen molar-refractivity contribution in [1.82, 2.24) is 0 Å². The lowest BCUT2D eigenvalue weighted by Gasteiger charge is -2.01. The van der Waals surface area contributed by atoms with E-state index in [0.717, 1.165) is 38.5 Å². The minimum atomic E-state index is 0.738. The van der Waals surface area contributed by atoms with Crippen molar-refractivity contribution in [3.8, 4) is 11.1 Å². The van der Waals surface area contributed by atoms with Crippen LogP contribution in [0, 0.1) is 0 Å². The average Bonchev–Trinajstić information content (AvgIpc) is 2.53. The molecule has 2 nitrogen and oxygen atoms in total. The molecule has 0 atom stereocenters. The van der Waals surface area contributed by atoms with Gasteiger partial charge in [0.1, 0.15) is 0 Å². The van der Waals surface area contributed by atoms with E-state index >= 15 is 0 Å². The summed E-state index contributed by atoms with van der Waals surface area (Å²) in [5, 5.41) is 0. The summed E-state index contributed by atoms with van der Waals surface area (Å²) in [5.41, 5.74) is 17.4. The molecule has 0 saturated heterocycles. The Morgan fingerprint density at radius 2 is 1.12 bits per heavy atom. The maximum Gasteiger partial charge on any atom is 0.0535 e. The molecule has 4 N–H and O–H groups in total. The molecule has 0 heterocycles. The normalized spacial score (nSPS) is 12.4. The van der Waals surface area contributed by atoms with Gasteiger partial charge in [-0.25, -0.2) is 0 Å². The third-order valence-electron chi connectivity index (χ3n) is 2.87. The SMILES string of the molecule is Nc1ccc2c(c1)C(=S)c1cc(N)ccc1-2. The number of nitrogens with two attached hydrogens (primary N) is 2. The lowest BCUT2D eigenvalue weighted by Crippen LogP contribution is -1.95. The first-order chi connectivity index (χ1) is 7.66. The summed E-state index contributed by atoms with van der Waals surface area (Å²) in [5.74, 6) is 0. The minimum Gasteiger partial charge on any atom is -0.399 e. The highest BCUT2D eigenvalue weighted by atomic mass is 32.1. The van der Waals surface area contributed by atoms with E-state index in [1.165, 1.54) is 0 Å². The van der Waals surface area contributed by atoms with Gasteiger partial charge in [0, 0.05) is 22.5 Å². The Balaban J connectivity index is 2.34. The van der Waals surface area contributed by atoms with Crippen LogP contribution in [0.1, 0.15) is 11.1 Å². The number of fused-ring (bicyclic) bond motifs is 3. The molecular formula is C13H10N2S. The van der Waals surface area contributed by atoms with Crippen LogP contribution in [0.2, 0.25) is 0 Å². The zero-order valence-corrected chi connectivity index (χ0v) is 9.34. The van der Waals surface area contributed by atoms with Crippen molar-refractivity contribution in [3.63, 3.8) is 0 Å². The molecule has 0 bridgehead atoms. The minimum absolute atomic E-state index is 0.738. The summed E-state index contributed by atoms with van der Waals surface area (Å²) in [4.78, 5) is 0.838. The van der Waals surface area contributed by atoms with Gasteiger partial charge >= 0.3 is 0 Å². The third-order valence-corrected chi connectivity index (χ3v) is 3.31. The molecule has 0 amide bonds. The number of hydrogen-bond acceptors (Lipinski definition) is 3. The predicted octanol–water partition coefficient (Wildman–Crippen LogP) is 2.60. The fourth-order valence-electron chi connectivity index (χ4n) is 2.11. The zero-order valence-electron chi connectivity index (χ0n) is 8.53. The molecule has 1 aliphatic rings. The van der Waals surface area contributed by atoms with E-state index in [0.29, 0.717) is 0 Å². The number of rotatable bonds is 0. The Hall–Kier alpha value is -1.87. The molecule has 0 aromatic heterocycles. The second-order valence-corrected chi connectivity index (χ2v) is 4.35. The van der Waals surface area contributed by atoms with E-state index in [1.807, 2.05) is 36.4 Å². The van der Waals surface area contributed by atoms with E-state index in [9.17, 15) is 0 Å². The van der Waals surface area contributed by atoms with E-state index in [2.05, 4.69) is 0 Å². The quantitative estimate of drug-likeness (QED) is 0.457. The molecule has 3 heteroatoms. The molecule has 3 rings (SSSR count). The summed E-state index contributed by atoms with van der Waals surface area (Å²) in [6, 6.07) is 11.7. The highest BCUT2D eigenvalue weighted by Gasteiger charge is 2.23. The highest BCUT2D eigenvalue weighted by Crippen LogP contribution is 2.38. The standard InChI is InChI=1S/C13H10N2S/c14-7-1-3-9-10-4-2-8(15)6-12(10)13(16)11(9)5-7/h1-6H,14-15H2. The Bertz CT molecular complexity index is 564. The second-order valence-electron chi connectivity index (χ2n) is 3.94. The smallest absolute Gasteiger partial charge is 0.0535 e. The Morgan fingerprint density at radius 3 is 1.56 bits per heavy atom. The molecule has 1 aliphatic carbocycles. The van der Waals surface area contributed by atoms with Gasteiger partial charge in [-0.3, -0.25) is 0 Å². The van der Waals surface area contributed by atoms with Crippen LogP contribution in [-0.4, -0.2) is 4.86 Å². The van der Waals surface area contributed by atoms with Crippen LogP contribution in [0.5, 0.6) is 0 Å². The van der Waals surface area contributed by atoms with Gasteiger partial charge in [-0.2, -0.15) is 0 Å². The van der Waals surface area contributed by atoms with Crippen molar-refractivity contribution < 1.29 is 0 Å². The van der Waals surface area contributed by atoms with Gasteiger partial charge in [-0.05, 0) is 35.4 Å². The van der Waals surface area contributed by atoms with Crippen LogP contribution in [0.3, 0.4) is 0 Å². The molecule has 2 aromatic carbocycles. The fraction of sp³-hybridized carbons (Fsp3) is 0. The highest BCUT2D eigenvalue weighted by molar-refractivity contribution is 7.81. The van der Waals surface area contributed by atoms with E-state index in [1.54, 1.807) is 0 Å². The van der Waals surface area contributed by atoms with Gasteiger partial charge in [0.25, 0.3) is 0 Å². The van der Waals surface area contributed by atoms with Crippen molar-refractivity contribution in [2.75, 3.05) is 11.5 Å². The van der Waals surface area contributed by atoms with Crippen molar-refractivity contribution in [2.24, 2.45) is 0 Å². The molecule has 2 aromatic rings. The van der Waals surface area contributed by atoms with Gasteiger partial charge in [-0.1, -0.05) is 24.4 Å². The van der Waals surface area contributed by atoms with Gasteiger partial charge in [0.15, 0.2) is 0 Å². The molecule has 0 spiro atoms. The lowest BCUT2D eigenvalue weighted by atomic mass is 10.1. The maximum absolute atomic E-state index is 5.77. The van der Waals surface area contributed by atoms with Gasteiger partial charge in [0.05, 0.1) is 4.86 Å². The number of hydrogen-bond donors (Lipinski definition) is 2. The molecule has 16 heavy (non-hydrogen) atoms. The molecule has 78 valence electrons. The van der Waals surface area contributed by atoms with E-state index in [4.69, 9.17) is 23.7 Å². The van der Waals surface area contributed by atoms with Crippen LogP contribution >= 0.6 is 12.2 Å². The number of thiocarbonyl (C=S) groups is 1. The summed E-state index contributed by atoms with van der Waals surface area (Å²) in [6.45, 7) is 0. The topological polar surface area (TPSA) is 52.0 Å². The van der Waals surface area contributed by atoms with Crippen LogP contribution < -0.4 is 11.5 Å². The maximum atomic E-state index is 5.77. The molecule has 0 unspecified atom stereocenters. The van der Waals surface area contributed by atoms with Crippen molar-refractivity contribution in [1.29, 1.82) is 0 Å². The first-order valence-corrected chi connectivity index (χ1v) is 5.42. The summed E-state index contributed by atoms with van der Waals surface area (Å²) in [6.07, 6.45) is 0. The average molecular weight is 226 g/mol. The summed E-state index contributed by atoms with van der Waals surface area (Å²) >= 11 is 5.44. The van der Waals surface area contributed by atoms with Crippen LogP contribution in [0.15, 0.2) is 36.4 Å².